The molecule has 0 atom stereocenters. The first-order chi connectivity index (χ1) is 11.2. The number of halogens is 1. The number of hydrogen-bond acceptors (Lipinski definition) is 5. The molecule has 2 aromatic rings. The SMILES string of the molecule is COc1ccc(C2=NC(C(=O)c3ccc(Br)cc3)=CON2)cc1. The Morgan fingerprint density at radius 3 is 2.48 bits per heavy atom. The Hall–Kier alpha value is -2.60. The summed E-state index contributed by atoms with van der Waals surface area (Å²) in [4.78, 5) is 22.0. The third-order valence-electron chi connectivity index (χ3n) is 3.26. The maximum absolute atomic E-state index is 12.5. The van der Waals surface area contributed by atoms with Crippen molar-refractivity contribution in [1.29, 1.82) is 0 Å². The molecule has 1 heterocycles. The van der Waals surface area contributed by atoms with Crippen molar-refractivity contribution < 1.29 is 14.4 Å². The van der Waals surface area contributed by atoms with Crippen LogP contribution in [-0.4, -0.2) is 18.7 Å². The van der Waals surface area contributed by atoms with Gasteiger partial charge in [-0.1, -0.05) is 15.9 Å². The van der Waals surface area contributed by atoms with E-state index >= 15 is 0 Å². The van der Waals surface area contributed by atoms with Gasteiger partial charge in [0.2, 0.25) is 5.78 Å². The van der Waals surface area contributed by atoms with Gasteiger partial charge < -0.3 is 9.57 Å². The molecule has 0 saturated heterocycles. The number of nitrogens with one attached hydrogen (secondary N) is 1. The quantitative estimate of drug-likeness (QED) is 0.834. The Kier molecular flexibility index (Phi) is 4.43. The number of hydroxylamine groups is 1. The van der Waals surface area contributed by atoms with Crippen molar-refractivity contribution in [2.45, 2.75) is 0 Å². The Bertz CT molecular complexity index is 780. The number of benzene rings is 2. The molecule has 0 radical (unpaired) electrons. The monoisotopic (exact) mass is 372 g/mol. The molecule has 0 aromatic heterocycles. The lowest BCUT2D eigenvalue weighted by molar-refractivity contribution is 0.101. The fourth-order valence-corrected chi connectivity index (χ4v) is 2.30. The molecule has 0 spiro atoms. The van der Waals surface area contributed by atoms with Gasteiger partial charge in [-0.05, 0) is 48.5 Å². The van der Waals surface area contributed by atoms with Gasteiger partial charge in [0, 0.05) is 15.6 Å². The summed E-state index contributed by atoms with van der Waals surface area (Å²) in [7, 11) is 1.60. The van der Waals surface area contributed by atoms with Crippen LogP contribution in [0.3, 0.4) is 0 Å². The number of ether oxygens (including phenoxy) is 1. The topological polar surface area (TPSA) is 59.9 Å². The molecular formula is C17H13BrN2O3. The lowest BCUT2D eigenvalue weighted by Gasteiger charge is -2.15. The van der Waals surface area contributed by atoms with Gasteiger partial charge in [0.15, 0.2) is 11.5 Å². The van der Waals surface area contributed by atoms with E-state index in [1.807, 2.05) is 36.4 Å². The number of ketones is 1. The standard InChI is InChI=1S/C17H13BrN2O3/c1-22-14-8-4-12(5-9-14)17-19-15(10-23-20-17)16(21)11-2-6-13(18)7-3-11/h2-10H,1H3,(H,19,20). The Morgan fingerprint density at radius 1 is 1.13 bits per heavy atom. The molecule has 0 bridgehead atoms. The molecule has 0 fully saturated rings. The van der Waals surface area contributed by atoms with Gasteiger partial charge in [0.05, 0.1) is 7.11 Å². The lowest BCUT2D eigenvalue weighted by Crippen LogP contribution is -2.27. The summed E-state index contributed by atoms with van der Waals surface area (Å²) in [6.07, 6.45) is 1.30. The predicted molar refractivity (Wildman–Crippen MR) is 90.3 cm³/mol. The minimum Gasteiger partial charge on any atom is -0.497 e. The summed E-state index contributed by atoms with van der Waals surface area (Å²) in [6, 6.07) is 14.4. The Morgan fingerprint density at radius 2 is 1.83 bits per heavy atom. The average Bonchev–Trinajstić information content (AvgIpc) is 2.62. The first kappa shape index (κ1) is 15.3. The summed E-state index contributed by atoms with van der Waals surface area (Å²) in [5.74, 6) is 1.01. The van der Waals surface area contributed by atoms with E-state index < -0.39 is 0 Å². The first-order valence-corrected chi connectivity index (χ1v) is 7.62. The zero-order valence-electron chi connectivity index (χ0n) is 12.2. The molecule has 0 amide bonds. The van der Waals surface area contributed by atoms with Gasteiger partial charge in [0.25, 0.3) is 0 Å². The van der Waals surface area contributed by atoms with Gasteiger partial charge >= 0.3 is 0 Å². The molecule has 1 aliphatic heterocycles. The van der Waals surface area contributed by atoms with Crippen LogP contribution in [0.5, 0.6) is 5.75 Å². The van der Waals surface area contributed by atoms with Gasteiger partial charge in [-0.3, -0.25) is 4.79 Å². The van der Waals surface area contributed by atoms with E-state index in [1.165, 1.54) is 6.26 Å². The highest BCUT2D eigenvalue weighted by molar-refractivity contribution is 9.10. The number of allylic oxidation sites excluding steroid dienone is 1. The van der Waals surface area contributed by atoms with Crippen molar-refractivity contribution in [3.8, 4) is 5.75 Å². The summed E-state index contributed by atoms with van der Waals surface area (Å²) in [6.45, 7) is 0. The molecule has 2 aromatic carbocycles. The number of methoxy groups -OCH3 is 1. The second kappa shape index (κ2) is 6.66. The number of hydrogen-bond donors (Lipinski definition) is 1. The fourth-order valence-electron chi connectivity index (χ4n) is 2.04. The molecule has 5 nitrogen and oxygen atoms in total. The van der Waals surface area contributed by atoms with Crippen molar-refractivity contribution in [2.75, 3.05) is 7.11 Å². The van der Waals surface area contributed by atoms with Crippen LogP contribution in [-0.2, 0) is 4.84 Å². The van der Waals surface area contributed by atoms with Crippen LogP contribution >= 0.6 is 15.9 Å². The highest BCUT2D eigenvalue weighted by Gasteiger charge is 2.18. The van der Waals surface area contributed by atoms with E-state index in [0.29, 0.717) is 11.4 Å². The number of nitrogens with zero attached hydrogens (tertiary/aromatic N) is 1. The van der Waals surface area contributed by atoms with Crippen LogP contribution in [0.15, 0.2) is 70.0 Å². The molecule has 0 saturated carbocycles. The van der Waals surface area contributed by atoms with Crippen LogP contribution < -0.4 is 10.2 Å². The smallest absolute Gasteiger partial charge is 0.214 e. The van der Waals surface area contributed by atoms with E-state index in [0.717, 1.165) is 15.8 Å². The molecule has 23 heavy (non-hydrogen) atoms. The minimum atomic E-state index is -0.204. The zero-order chi connectivity index (χ0) is 16.2. The number of amidine groups is 1. The van der Waals surface area contributed by atoms with Crippen LogP contribution in [0.2, 0.25) is 0 Å². The zero-order valence-corrected chi connectivity index (χ0v) is 13.8. The second-order valence-electron chi connectivity index (χ2n) is 4.75. The van der Waals surface area contributed by atoms with Gasteiger partial charge in [-0.15, -0.1) is 0 Å². The average molecular weight is 373 g/mol. The third kappa shape index (κ3) is 3.43. The van der Waals surface area contributed by atoms with Gasteiger partial charge in [-0.2, -0.15) is 0 Å². The molecule has 6 heteroatoms. The third-order valence-corrected chi connectivity index (χ3v) is 3.79. The maximum atomic E-state index is 12.5. The number of carbonyl (C=O) groups is 1. The number of rotatable bonds is 4. The summed E-state index contributed by atoms with van der Waals surface area (Å²) in [5.41, 5.74) is 4.26. The van der Waals surface area contributed by atoms with Crippen LogP contribution in [0, 0.1) is 0 Å². The van der Waals surface area contributed by atoms with Crippen molar-refractivity contribution in [2.24, 2.45) is 4.99 Å². The molecule has 1 N–H and O–H groups in total. The summed E-state index contributed by atoms with van der Waals surface area (Å²) in [5, 5.41) is 0. The van der Waals surface area contributed by atoms with E-state index in [2.05, 4.69) is 26.4 Å². The second-order valence-corrected chi connectivity index (χ2v) is 5.66. The summed E-state index contributed by atoms with van der Waals surface area (Å²) >= 11 is 3.34. The van der Waals surface area contributed by atoms with Crippen molar-refractivity contribution in [3.05, 3.63) is 76.1 Å². The molecule has 116 valence electrons. The number of carbonyl (C=O) groups excluding carboxylic acids is 1. The minimum absolute atomic E-state index is 0.204. The van der Waals surface area contributed by atoms with Crippen molar-refractivity contribution in [3.63, 3.8) is 0 Å². The molecule has 1 aliphatic rings. The van der Waals surface area contributed by atoms with Gasteiger partial charge in [0.1, 0.15) is 12.0 Å². The van der Waals surface area contributed by atoms with Crippen LogP contribution in [0.1, 0.15) is 15.9 Å². The van der Waals surface area contributed by atoms with Gasteiger partial charge in [-0.25, -0.2) is 10.5 Å². The van der Waals surface area contributed by atoms with Crippen LogP contribution in [0.25, 0.3) is 0 Å². The Labute approximate surface area is 141 Å². The highest BCUT2D eigenvalue weighted by atomic mass is 79.9. The van der Waals surface area contributed by atoms with E-state index in [-0.39, 0.29) is 11.5 Å². The van der Waals surface area contributed by atoms with E-state index in [9.17, 15) is 4.79 Å². The Balaban J connectivity index is 1.85. The summed E-state index contributed by atoms with van der Waals surface area (Å²) < 4.78 is 6.03. The van der Waals surface area contributed by atoms with E-state index in [4.69, 9.17) is 9.57 Å². The van der Waals surface area contributed by atoms with Crippen molar-refractivity contribution >= 4 is 27.5 Å². The fraction of sp³-hybridized carbons (Fsp3) is 0.0588. The largest absolute Gasteiger partial charge is 0.497 e. The number of Topliss-reactive ketones (excluding diaryl/α,β-unsaturated/α-hetero) is 1. The molecule has 3 rings (SSSR count). The van der Waals surface area contributed by atoms with Crippen LogP contribution in [0.4, 0.5) is 0 Å². The number of aliphatic imine (C=N–C) groups is 1. The predicted octanol–water partition coefficient (Wildman–Crippen LogP) is 3.46. The maximum Gasteiger partial charge on any atom is 0.214 e. The first-order valence-electron chi connectivity index (χ1n) is 6.82. The van der Waals surface area contributed by atoms with E-state index in [1.54, 1.807) is 19.2 Å². The highest BCUT2D eigenvalue weighted by Crippen LogP contribution is 2.18. The lowest BCUT2D eigenvalue weighted by atomic mass is 10.1. The van der Waals surface area contributed by atoms with Crippen molar-refractivity contribution in [1.82, 2.24) is 5.48 Å². The molecule has 0 unspecified atom stereocenters. The molecular weight excluding hydrogens is 360 g/mol. The normalized spacial score (nSPS) is 13.3. The molecule has 0 aliphatic carbocycles.